The summed E-state index contributed by atoms with van der Waals surface area (Å²) in [5.74, 6) is 0.965. The number of carbonyl (C=O) groups excluding carboxylic acids is 1. The lowest BCUT2D eigenvalue weighted by Gasteiger charge is -2.03. The van der Waals surface area contributed by atoms with E-state index in [9.17, 15) is 9.90 Å². The summed E-state index contributed by atoms with van der Waals surface area (Å²) in [4.78, 5) is 12.4. The zero-order valence-corrected chi connectivity index (χ0v) is 11.8. The molecule has 0 aromatic heterocycles. The van der Waals surface area contributed by atoms with Crippen LogP contribution < -0.4 is 4.74 Å². The van der Waals surface area contributed by atoms with E-state index in [0.717, 1.165) is 16.9 Å². The standard InChI is InChI=1S/C18H16O3/c1-2-21-14-6-3-5-12(10-14)9-13-11-16-15(18(13)20)7-4-8-17(16)19/h3-10,19H,2,11H2,1H3. The van der Waals surface area contributed by atoms with Crippen molar-refractivity contribution in [3.8, 4) is 11.5 Å². The Morgan fingerprint density at radius 3 is 2.81 bits per heavy atom. The summed E-state index contributed by atoms with van der Waals surface area (Å²) in [6.07, 6.45) is 2.34. The van der Waals surface area contributed by atoms with E-state index < -0.39 is 0 Å². The minimum atomic E-state index is -0.0114. The summed E-state index contributed by atoms with van der Waals surface area (Å²) >= 11 is 0. The van der Waals surface area contributed by atoms with Gasteiger partial charge in [-0.2, -0.15) is 0 Å². The third kappa shape index (κ3) is 2.55. The van der Waals surface area contributed by atoms with Crippen molar-refractivity contribution in [1.29, 1.82) is 0 Å². The first-order valence-electron chi connectivity index (χ1n) is 6.98. The first kappa shape index (κ1) is 13.4. The number of phenolic OH excluding ortho intramolecular Hbond substituents is 1. The molecule has 3 nitrogen and oxygen atoms in total. The van der Waals surface area contributed by atoms with Crippen LogP contribution in [0.2, 0.25) is 0 Å². The van der Waals surface area contributed by atoms with Gasteiger partial charge >= 0.3 is 0 Å². The highest BCUT2D eigenvalue weighted by Gasteiger charge is 2.26. The van der Waals surface area contributed by atoms with E-state index in [-0.39, 0.29) is 11.5 Å². The lowest BCUT2D eigenvalue weighted by molar-refractivity contribution is 0.104. The van der Waals surface area contributed by atoms with Crippen molar-refractivity contribution >= 4 is 11.9 Å². The average molecular weight is 280 g/mol. The summed E-state index contributed by atoms with van der Waals surface area (Å²) in [6, 6.07) is 12.7. The van der Waals surface area contributed by atoms with Crippen molar-refractivity contribution in [2.45, 2.75) is 13.3 Å². The topological polar surface area (TPSA) is 46.5 Å². The molecule has 21 heavy (non-hydrogen) atoms. The normalized spacial score (nSPS) is 15.3. The van der Waals surface area contributed by atoms with Gasteiger partial charge in [0.05, 0.1) is 6.61 Å². The molecule has 2 aromatic carbocycles. The van der Waals surface area contributed by atoms with Gasteiger partial charge in [-0.3, -0.25) is 4.79 Å². The molecule has 0 saturated heterocycles. The average Bonchev–Trinajstić information content (AvgIpc) is 2.79. The van der Waals surface area contributed by atoms with Crippen LogP contribution in [0.1, 0.15) is 28.4 Å². The minimum absolute atomic E-state index is 0.0114. The van der Waals surface area contributed by atoms with Crippen LogP contribution in [0.4, 0.5) is 0 Å². The number of allylic oxidation sites excluding steroid dienone is 1. The fraction of sp³-hybridized carbons (Fsp3) is 0.167. The minimum Gasteiger partial charge on any atom is -0.508 e. The number of carbonyl (C=O) groups is 1. The number of ketones is 1. The van der Waals surface area contributed by atoms with Crippen LogP contribution in [0.5, 0.6) is 11.5 Å². The molecule has 106 valence electrons. The molecule has 1 aliphatic carbocycles. The number of rotatable bonds is 3. The molecule has 0 aliphatic heterocycles. The molecular weight excluding hydrogens is 264 g/mol. The van der Waals surface area contributed by atoms with Gasteiger partial charge in [-0.25, -0.2) is 0 Å². The molecule has 2 aromatic rings. The molecule has 0 amide bonds. The van der Waals surface area contributed by atoms with Crippen LogP contribution in [0, 0.1) is 0 Å². The van der Waals surface area contributed by atoms with Gasteiger partial charge < -0.3 is 9.84 Å². The molecular formula is C18H16O3. The predicted octanol–water partition coefficient (Wildman–Crippen LogP) is 3.61. The van der Waals surface area contributed by atoms with E-state index in [1.807, 2.05) is 37.3 Å². The van der Waals surface area contributed by atoms with Gasteiger partial charge in [0, 0.05) is 23.1 Å². The molecule has 1 aliphatic rings. The zero-order chi connectivity index (χ0) is 14.8. The first-order chi connectivity index (χ1) is 10.2. The van der Waals surface area contributed by atoms with Crippen LogP contribution >= 0.6 is 0 Å². The Kier molecular flexibility index (Phi) is 3.48. The monoisotopic (exact) mass is 280 g/mol. The second-order valence-electron chi connectivity index (χ2n) is 4.98. The summed E-state index contributed by atoms with van der Waals surface area (Å²) < 4.78 is 5.46. The Morgan fingerprint density at radius 1 is 1.24 bits per heavy atom. The highest BCUT2D eigenvalue weighted by Crippen LogP contribution is 2.33. The molecule has 0 saturated carbocycles. The van der Waals surface area contributed by atoms with Crippen molar-refractivity contribution in [2.75, 3.05) is 6.61 Å². The quantitative estimate of drug-likeness (QED) is 0.874. The summed E-state index contributed by atoms with van der Waals surface area (Å²) in [6.45, 7) is 2.54. The fourth-order valence-corrected chi connectivity index (χ4v) is 2.60. The van der Waals surface area contributed by atoms with Crippen LogP contribution in [0.25, 0.3) is 6.08 Å². The third-order valence-corrected chi connectivity index (χ3v) is 3.56. The number of ether oxygens (including phenoxy) is 1. The molecule has 0 spiro atoms. The van der Waals surface area contributed by atoms with Gasteiger partial charge in [0.2, 0.25) is 0 Å². The van der Waals surface area contributed by atoms with Crippen LogP contribution in [0.15, 0.2) is 48.0 Å². The van der Waals surface area contributed by atoms with E-state index in [4.69, 9.17) is 4.74 Å². The number of Topliss-reactive ketones (excluding diaryl/α,β-unsaturated/α-hetero) is 1. The van der Waals surface area contributed by atoms with Gasteiger partial charge in [-0.1, -0.05) is 24.3 Å². The van der Waals surface area contributed by atoms with Gasteiger partial charge in [0.25, 0.3) is 0 Å². The van der Waals surface area contributed by atoms with E-state index in [1.165, 1.54) is 0 Å². The highest BCUT2D eigenvalue weighted by molar-refractivity contribution is 6.16. The van der Waals surface area contributed by atoms with Gasteiger partial charge in [-0.15, -0.1) is 0 Å². The summed E-state index contributed by atoms with van der Waals surface area (Å²) in [5.41, 5.74) is 2.94. The van der Waals surface area contributed by atoms with E-state index in [2.05, 4.69) is 0 Å². The molecule has 0 bridgehead atoms. The SMILES string of the molecule is CCOc1cccc(C=C2Cc3c(O)cccc3C2=O)c1. The van der Waals surface area contributed by atoms with Gasteiger partial charge in [0.15, 0.2) is 5.78 Å². The van der Waals surface area contributed by atoms with E-state index in [1.54, 1.807) is 18.2 Å². The molecule has 0 fully saturated rings. The Hall–Kier alpha value is -2.55. The Labute approximate surface area is 123 Å². The van der Waals surface area contributed by atoms with Gasteiger partial charge in [0.1, 0.15) is 11.5 Å². The number of phenols is 1. The molecule has 0 radical (unpaired) electrons. The molecule has 0 unspecified atom stereocenters. The maximum absolute atomic E-state index is 12.4. The largest absolute Gasteiger partial charge is 0.508 e. The van der Waals surface area contributed by atoms with Crippen molar-refractivity contribution in [2.24, 2.45) is 0 Å². The summed E-state index contributed by atoms with van der Waals surface area (Å²) in [5, 5.41) is 9.85. The molecule has 1 N–H and O–H groups in total. The third-order valence-electron chi connectivity index (χ3n) is 3.56. The number of fused-ring (bicyclic) bond motifs is 1. The lowest BCUT2D eigenvalue weighted by atomic mass is 10.1. The van der Waals surface area contributed by atoms with Crippen molar-refractivity contribution in [1.82, 2.24) is 0 Å². The maximum atomic E-state index is 12.4. The van der Waals surface area contributed by atoms with Crippen molar-refractivity contribution in [3.63, 3.8) is 0 Å². The second kappa shape index (κ2) is 5.44. The number of hydrogen-bond donors (Lipinski definition) is 1. The first-order valence-corrected chi connectivity index (χ1v) is 6.98. The van der Waals surface area contributed by atoms with Gasteiger partial charge in [-0.05, 0) is 36.8 Å². The Bertz CT molecular complexity index is 729. The second-order valence-corrected chi connectivity index (χ2v) is 4.98. The number of aromatic hydroxyl groups is 1. The fourth-order valence-electron chi connectivity index (χ4n) is 2.60. The van der Waals surface area contributed by atoms with Crippen LogP contribution in [-0.4, -0.2) is 17.5 Å². The molecule has 3 heteroatoms. The summed E-state index contributed by atoms with van der Waals surface area (Å²) in [7, 11) is 0. The highest BCUT2D eigenvalue weighted by atomic mass is 16.5. The molecule has 3 rings (SSSR count). The van der Waals surface area contributed by atoms with E-state index >= 15 is 0 Å². The number of hydrogen-bond acceptors (Lipinski definition) is 3. The Balaban J connectivity index is 1.94. The molecule has 0 atom stereocenters. The zero-order valence-electron chi connectivity index (χ0n) is 11.8. The molecule has 0 heterocycles. The smallest absolute Gasteiger partial charge is 0.189 e. The van der Waals surface area contributed by atoms with Crippen LogP contribution in [0.3, 0.4) is 0 Å². The Morgan fingerprint density at radius 2 is 2.05 bits per heavy atom. The maximum Gasteiger partial charge on any atom is 0.189 e. The van der Waals surface area contributed by atoms with Crippen LogP contribution in [-0.2, 0) is 6.42 Å². The number of benzene rings is 2. The lowest BCUT2D eigenvalue weighted by Crippen LogP contribution is -1.95. The predicted molar refractivity (Wildman–Crippen MR) is 81.7 cm³/mol. The van der Waals surface area contributed by atoms with Crippen molar-refractivity contribution in [3.05, 3.63) is 64.7 Å². The van der Waals surface area contributed by atoms with E-state index in [0.29, 0.717) is 24.2 Å². The van der Waals surface area contributed by atoms with Crippen molar-refractivity contribution < 1.29 is 14.6 Å².